The first kappa shape index (κ1) is 16.9. The largest absolute Gasteiger partial charge is 0.350 e. The zero-order chi connectivity index (χ0) is 17.1. The summed E-state index contributed by atoms with van der Waals surface area (Å²) in [5.41, 5.74) is 2.64. The van der Waals surface area contributed by atoms with Gasteiger partial charge in [0.1, 0.15) is 0 Å². The minimum Gasteiger partial charge on any atom is -0.350 e. The molecule has 6 nitrogen and oxygen atoms in total. The van der Waals surface area contributed by atoms with Crippen LogP contribution in [0.3, 0.4) is 0 Å². The number of carbonyl (C=O) groups is 1. The average molecular weight is 329 g/mol. The predicted octanol–water partition coefficient (Wildman–Crippen LogP) is 1.40. The van der Waals surface area contributed by atoms with E-state index in [2.05, 4.69) is 33.9 Å². The maximum absolute atomic E-state index is 12.5. The number of hydrogen-bond acceptors (Lipinski definition) is 4. The second kappa shape index (κ2) is 7.32. The highest BCUT2D eigenvalue weighted by Crippen LogP contribution is 2.12. The van der Waals surface area contributed by atoms with Crippen molar-refractivity contribution in [3.05, 3.63) is 35.9 Å². The van der Waals surface area contributed by atoms with Gasteiger partial charge in [0.15, 0.2) is 0 Å². The molecule has 3 heterocycles. The van der Waals surface area contributed by atoms with Gasteiger partial charge in [-0.25, -0.2) is 4.98 Å². The molecule has 2 aromatic rings. The number of fused-ring (bicyclic) bond motifs is 1. The van der Waals surface area contributed by atoms with Crippen LogP contribution in [-0.4, -0.2) is 70.4 Å². The van der Waals surface area contributed by atoms with Gasteiger partial charge < -0.3 is 14.6 Å². The molecule has 130 valence electrons. The van der Waals surface area contributed by atoms with Gasteiger partial charge in [0, 0.05) is 44.5 Å². The summed E-state index contributed by atoms with van der Waals surface area (Å²) in [5, 5.41) is 3.09. The number of nitrogens with zero attached hydrogens (tertiary/aromatic N) is 4. The average Bonchev–Trinajstić information content (AvgIpc) is 3.09. The summed E-state index contributed by atoms with van der Waals surface area (Å²) in [5.74, 6) is -0.0119. The monoisotopic (exact) mass is 329 g/mol. The van der Waals surface area contributed by atoms with Crippen molar-refractivity contribution in [3.8, 4) is 0 Å². The molecular weight excluding hydrogens is 302 g/mol. The number of aromatic nitrogens is 2. The Balaban J connectivity index is 1.57. The van der Waals surface area contributed by atoms with E-state index in [-0.39, 0.29) is 5.91 Å². The van der Waals surface area contributed by atoms with Gasteiger partial charge in [0.05, 0.1) is 23.6 Å². The summed E-state index contributed by atoms with van der Waals surface area (Å²) in [7, 11) is 0. The highest BCUT2D eigenvalue weighted by molar-refractivity contribution is 5.95. The molecular formula is C18H27N5O. The van der Waals surface area contributed by atoms with Crippen molar-refractivity contribution in [2.45, 2.75) is 26.8 Å². The van der Waals surface area contributed by atoms with Crippen LogP contribution in [0.1, 0.15) is 29.9 Å². The lowest BCUT2D eigenvalue weighted by Gasteiger charge is -2.37. The van der Waals surface area contributed by atoms with Gasteiger partial charge in [-0.1, -0.05) is 6.92 Å². The Hall–Kier alpha value is -1.92. The van der Waals surface area contributed by atoms with Crippen molar-refractivity contribution < 1.29 is 4.79 Å². The summed E-state index contributed by atoms with van der Waals surface area (Å²) in [6, 6.07) is 4.17. The molecule has 2 aromatic heterocycles. The molecule has 0 aliphatic carbocycles. The fourth-order valence-corrected chi connectivity index (χ4v) is 3.35. The third-order valence-electron chi connectivity index (χ3n) is 5.12. The topological polar surface area (TPSA) is 52.9 Å². The van der Waals surface area contributed by atoms with Gasteiger partial charge in [-0.2, -0.15) is 0 Å². The maximum Gasteiger partial charge on any atom is 0.253 e. The third-order valence-corrected chi connectivity index (χ3v) is 5.12. The number of nitrogens with one attached hydrogen (secondary N) is 1. The van der Waals surface area contributed by atoms with E-state index < -0.39 is 0 Å². The molecule has 1 saturated heterocycles. The van der Waals surface area contributed by atoms with Crippen molar-refractivity contribution in [2.24, 2.45) is 0 Å². The summed E-state index contributed by atoms with van der Waals surface area (Å²) < 4.78 is 1.95. The molecule has 0 spiro atoms. The van der Waals surface area contributed by atoms with Crippen molar-refractivity contribution in [2.75, 3.05) is 39.3 Å². The fraction of sp³-hybridized carbons (Fsp3) is 0.556. The Bertz CT molecular complexity index is 702. The van der Waals surface area contributed by atoms with Gasteiger partial charge in [0.25, 0.3) is 5.91 Å². The second-order valence-corrected chi connectivity index (χ2v) is 6.55. The molecule has 3 rings (SSSR count). The van der Waals surface area contributed by atoms with Crippen LogP contribution in [0.5, 0.6) is 0 Å². The lowest BCUT2D eigenvalue weighted by Crippen LogP contribution is -2.52. The van der Waals surface area contributed by atoms with E-state index in [1.807, 2.05) is 23.5 Å². The molecule has 0 bridgehead atoms. The van der Waals surface area contributed by atoms with E-state index in [4.69, 9.17) is 0 Å². The molecule has 0 saturated carbocycles. The van der Waals surface area contributed by atoms with Crippen LogP contribution in [0.25, 0.3) is 5.52 Å². The van der Waals surface area contributed by atoms with Gasteiger partial charge in [-0.05, 0) is 32.5 Å². The van der Waals surface area contributed by atoms with Gasteiger partial charge in [-0.15, -0.1) is 0 Å². The Morgan fingerprint density at radius 3 is 2.75 bits per heavy atom. The van der Waals surface area contributed by atoms with Crippen LogP contribution in [0, 0.1) is 6.92 Å². The first-order valence-electron chi connectivity index (χ1n) is 8.76. The van der Waals surface area contributed by atoms with E-state index in [1.165, 1.54) is 0 Å². The first-order chi connectivity index (χ1) is 11.6. The molecule has 0 unspecified atom stereocenters. The van der Waals surface area contributed by atoms with Crippen LogP contribution < -0.4 is 5.32 Å². The zero-order valence-electron chi connectivity index (χ0n) is 14.8. The summed E-state index contributed by atoms with van der Waals surface area (Å²) in [6.45, 7) is 12.5. The van der Waals surface area contributed by atoms with Crippen LogP contribution >= 0.6 is 0 Å². The van der Waals surface area contributed by atoms with Gasteiger partial charge >= 0.3 is 0 Å². The first-order valence-corrected chi connectivity index (χ1v) is 8.76. The number of likely N-dealkylation sites (N-methyl/N-ethyl adjacent to an activating group) is 1. The predicted molar refractivity (Wildman–Crippen MR) is 95.4 cm³/mol. The number of aryl methyl sites for hydroxylation is 1. The normalized spacial score (nSPS) is 18.0. The highest BCUT2D eigenvalue weighted by Gasteiger charge is 2.21. The van der Waals surface area contributed by atoms with Crippen molar-refractivity contribution >= 4 is 11.4 Å². The van der Waals surface area contributed by atoms with Crippen LogP contribution in [0.2, 0.25) is 0 Å². The number of carbonyl (C=O) groups excluding carboxylic acids is 1. The molecule has 1 atom stereocenters. The molecule has 0 radical (unpaired) electrons. The third kappa shape index (κ3) is 3.44. The lowest BCUT2D eigenvalue weighted by atomic mass is 10.1. The molecule has 1 fully saturated rings. The number of rotatable bonds is 5. The van der Waals surface area contributed by atoms with Crippen LogP contribution in [0.4, 0.5) is 0 Å². The molecule has 1 N–H and O–H groups in total. The molecule has 1 aliphatic heterocycles. The van der Waals surface area contributed by atoms with Gasteiger partial charge in [0.2, 0.25) is 0 Å². The molecule has 6 heteroatoms. The number of piperazine rings is 1. The van der Waals surface area contributed by atoms with Gasteiger partial charge in [-0.3, -0.25) is 9.69 Å². The van der Waals surface area contributed by atoms with E-state index in [1.54, 1.807) is 12.5 Å². The number of imidazole rings is 1. The number of amides is 1. The summed E-state index contributed by atoms with van der Waals surface area (Å²) >= 11 is 0. The fourth-order valence-electron chi connectivity index (χ4n) is 3.35. The van der Waals surface area contributed by atoms with Crippen LogP contribution in [0.15, 0.2) is 24.7 Å². The number of pyridine rings is 1. The minimum atomic E-state index is -0.0119. The quantitative estimate of drug-likeness (QED) is 0.901. The van der Waals surface area contributed by atoms with E-state index in [0.29, 0.717) is 18.2 Å². The lowest BCUT2D eigenvalue weighted by molar-refractivity contribution is 0.0882. The summed E-state index contributed by atoms with van der Waals surface area (Å²) in [6.07, 6.45) is 3.55. The van der Waals surface area contributed by atoms with Crippen LogP contribution in [-0.2, 0) is 0 Å². The summed E-state index contributed by atoms with van der Waals surface area (Å²) in [4.78, 5) is 21.6. The van der Waals surface area contributed by atoms with Crippen molar-refractivity contribution in [1.29, 1.82) is 0 Å². The Morgan fingerprint density at radius 2 is 2.04 bits per heavy atom. The maximum atomic E-state index is 12.5. The molecule has 24 heavy (non-hydrogen) atoms. The Kier molecular flexibility index (Phi) is 5.16. The smallest absolute Gasteiger partial charge is 0.253 e. The molecule has 1 amide bonds. The molecule has 1 aliphatic rings. The highest BCUT2D eigenvalue weighted by atomic mass is 16.1. The van der Waals surface area contributed by atoms with E-state index in [0.717, 1.165) is 43.9 Å². The Labute approximate surface area is 143 Å². The zero-order valence-corrected chi connectivity index (χ0v) is 14.8. The van der Waals surface area contributed by atoms with E-state index in [9.17, 15) is 4.79 Å². The van der Waals surface area contributed by atoms with Crippen molar-refractivity contribution in [1.82, 2.24) is 24.5 Å². The minimum absolute atomic E-state index is 0.0119. The standard InChI is InChI=1S/C18H27N5O/c1-4-21-7-9-22(10-8-21)14(2)11-20-18(24)17-6-5-16-12-19-13-23(16)15(17)3/h5-6,12-14H,4,7-11H2,1-3H3,(H,20,24)/t14-/m0/s1. The molecule has 0 aromatic carbocycles. The SMILES string of the molecule is CCN1CCN([C@@H](C)CNC(=O)c2ccc3cncn3c2C)CC1. The second-order valence-electron chi connectivity index (χ2n) is 6.55. The number of hydrogen-bond donors (Lipinski definition) is 1. The Morgan fingerprint density at radius 1 is 1.29 bits per heavy atom. The van der Waals surface area contributed by atoms with E-state index >= 15 is 0 Å². The van der Waals surface area contributed by atoms with Crippen molar-refractivity contribution in [3.63, 3.8) is 0 Å².